The summed E-state index contributed by atoms with van der Waals surface area (Å²) in [4.78, 5) is 3.97. The molecule has 0 saturated carbocycles. The first-order valence-corrected chi connectivity index (χ1v) is 4.44. The summed E-state index contributed by atoms with van der Waals surface area (Å²) in [6.07, 6.45) is 4.87. The molecule has 1 N–H and O–H groups in total. The Morgan fingerprint density at radius 2 is 2.36 bits per heavy atom. The molecular formula is C9H8ClN3O. The van der Waals surface area contributed by atoms with Gasteiger partial charge in [-0.15, -0.1) is 0 Å². The van der Waals surface area contributed by atoms with Crippen LogP contribution in [0.15, 0.2) is 30.7 Å². The number of aliphatic hydroxyl groups is 1. The molecule has 2 heterocycles. The van der Waals surface area contributed by atoms with Crippen LogP contribution >= 0.6 is 11.6 Å². The Balaban J connectivity index is 2.41. The van der Waals surface area contributed by atoms with Gasteiger partial charge in [0.15, 0.2) is 0 Å². The van der Waals surface area contributed by atoms with Gasteiger partial charge in [-0.2, -0.15) is 5.10 Å². The van der Waals surface area contributed by atoms with Crippen molar-refractivity contribution in [3.63, 3.8) is 0 Å². The SMILES string of the molecule is OCc1cc(-n2cc(Cl)cn2)ccn1. The maximum atomic E-state index is 8.90. The van der Waals surface area contributed by atoms with Gasteiger partial charge in [0.1, 0.15) is 0 Å². The van der Waals surface area contributed by atoms with Gasteiger partial charge in [0, 0.05) is 12.4 Å². The van der Waals surface area contributed by atoms with Gasteiger partial charge in [-0.1, -0.05) is 11.6 Å². The maximum Gasteiger partial charge on any atom is 0.0853 e. The second-order valence-electron chi connectivity index (χ2n) is 2.77. The molecule has 0 unspecified atom stereocenters. The molecule has 0 radical (unpaired) electrons. The third-order valence-corrected chi connectivity index (χ3v) is 1.97. The molecule has 0 spiro atoms. The van der Waals surface area contributed by atoms with Gasteiger partial charge in [-0.05, 0) is 12.1 Å². The van der Waals surface area contributed by atoms with Crippen molar-refractivity contribution < 1.29 is 5.11 Å². The number of halogens is 1. The Hall–Kier alpha value is -1.39. The van der Waals surface area contributed by atoms with Gasteiger partial charge in [0.2, 0.25) is 0 Å². The number of pyridine rings is 1. The molecule has 2 rings (SSSR count). The summed E-state index contributed by atoms with van der Waals surface area (Å²) >= 11 is 5.74. The van der Waals surface area contributed by atoms with Crippen LogP contribution in [0.5, 0.6) is 0 Å². The van der Waals surface area contributed by atoms with E-state index in [4.69, 9.17) is 16.7 Å². The number of rotatable bonds is 2. The van der Waals surface area contributed by atoms with Gasteiger partial charge in [-0.25, -0.2) is 4.68 Å². The molecule has 0 fully saturated rings. The molecule has 5 heteroatoms. The Labute approximate surface area is 85.8 Å². The summed E-state index contributed by atoms with van der Waals surface area (Å²) in [7, 11) is 0. The van der Waals surface area contributed by atoms with Crippen LogP contribution in [0.3, 0.4) is 0 Å². The lowest BCUT2D eigenvalue weighted by atomic mass is 10.3. The van der Waals surface area contributed by atoms with Crippen molar-refractivity contribution in [1.82, 2.24) is 14.8 Å². The predicted molar refractivity (Wildman–Crippen MR) is 52.3 cm³/mol. The number of aliphatic hydroxyl groups excluding tert-OH is 1. The van der Waals surface area contributed by atoms with Crippen LogP contribution in [-0.2, 0) is 6.61 Å². The molecular weight excluding hydrogens is 202 g/mol. The van der Waals surface area contributed by atoms with Crippen LogP contribution in [-0.4, -0.2) is 19.9 Å². The minimum Gasteiger partial charge on any atom is -0.390 e. The van der Waals surface area contributed by atoms with Crippen LogP contribution < -0.4 is 0 Å². The highest BCUT2D eigenvalue weighted by atomic mass is 35.5. The van der Waals surface area contributed by atoms with E-state index in [1.807, 2.05) is 0 Å². The highest BCUT2D eigenvalue weighted by Crippen LogP contribution is 2.11. The molecule has 0 aromatic carbocycles. The molecule has 0 atom stereocenters. The Bertz CT molecular complexity index is 441. The summed E-state index contributed by atoms with van der Waals surface area (Å²) in [6.45, 7) is -0.0805. The van der Waals surface area contributed by atoms with Gasteiger partial charge in [0.05, 0.1) is 29.2 Å². The molecule has 0 aliphatic rings. The Morgan fingerprint density at radius 1 is 1.50 bits per heavy atom. The molecule has 2 aromatic heterocycles. The van der Waals surface area contributed by atoms with E-state index in [1.165, 1.54) is 0 Å². The molecule has 0 bridgehead atoms. The molecule has 2 aromatic rings. The van der Waals surface area contributed by atoms with E-state index in [-0.39, 0.29) is 6.61 Å². The lowest BCUT2D eigenvalue weighted by Gasteiger charge is -2.01. The summed E-state index contributed by atoms with van der Waals surface area (Å²) in [6, 6.07) is 3.55. The van der Waals surface area contributed by atoms with Crippen molar-refractivity contribution in [3.8, 4) is 5.69 Å². The Kier molecular flexibility index (Phi) is 2.47. The quantitative estimate of drug-likeness (QED) is 0.814. The largest absolute Gasteiger partial charge is 0.390 e. The smallest absolute Gasteiger partial charge is 0.0853 e. The molecule has 0 aliphatic heterocycles. The number of hydrogen-bond acceptors (Lipinski definition) is 3. The minimum atomic E-state index is -0.0805. The fourth-order valence-electron chi connectivity index (χ4n) is 1.14. The third kappa shape index (κ3) is 1.76. The highest BCUT2D eigenvalue weighted by Gasteiger charge is 2.00. The zero-order chi connectivity index (χ0) is 9.97. The summed E-state index contributed by atoms with van der Waals surface area (Å²) < 4.78 is 1.63. The number of hydrogen-bond donors (Lipinski definition) is 1. The van der Waals surface area contributed by atoms with Crippen LogP contribution in [0.1, 0.15) is 5.69 Å². The zero-order valence-corrected chi connectivity index (χ0v) is 8.02. The molecule has 14 heavy (non-hydrogen) atoms. The fraction of sp³-hybridized carbons (Fsp3) is 0.111. The van der Waals surface area contributed by atoms with Crippen molar-refractivity contribution in [1.29, 1.82) is 0 Å². The summed E-state index contributed by atoms with van der Waals surface area (Å²) in [5, 5.41) is 13.5. The first kappa shape index (κ1) is 9.18. The minimum absolute atomic E-state index is 0.0805. The zero-order valence-electron chi connectivity index (χ0n) is 7.26. The average molecular weight is 210 g/mol. The number of aromatic nitrogens is 3. The monoisotopic (exact) mass is 209 g/mol. The van der Waals surface area contributed by atoms with Gasteiger partial charge >= 0.3 is 0 Å². The topological polar surface area (TPSA) is 50.9 Å². The maximum absolute atomic E-state index is 8.90. The second-order valence-corrected chi connectivity index (χ2v) is 3.20. The van der Waals surface area contributed by atoms with Crippen LogP contribution in [0, 0.1) is 0 Å². The lowest BCUT2D eigenvalue weighted by molar-refractivity contribution is 0.277. The molecule has 0 amide bonds. The number of nitrogens with zero attached hydrogens (tertiary/aromatic N) is 3. The molecule has 72 valence electrons. The summed E-state index contributed by atoms with van der Waals surface area (Å²) in [5.41, 5.74) is 1.44. The van der Waals surface area contributed by atoms with Crippen LogP contribution in [0.2, 0.25) is 5.02 Å². The average Bonchev–Trinajstić information content (AvgIpc) is 2.65. The fourth-order valence-corrected chi connectivity index (χ4v) is 1.27. The van der Waals surface area contributed by atoms with Gasteiger partial charge < -0.3 is 5.11 Å². The third-order valence-electron chi connectivity index (χ3n) is 1.78. The van der Waals surface area contributed by atoms with Crippen LogP contribution in [0.25, 0.3) is 5.69 Å². The normalized spacial score (nSPS) is 10.4. The summed E-state index contributed by atoms with van der Waals surface area (Å²) in [5.74, 6) is 0. The van der Waals surface area contributed by atoms with Crippen LogP contribution in [0.4, 0.5) is 0 Å². The standard InChI is InChI=1S/C9H8ClN3O/c10-7-4-12-13(5-7)9-1-2-11-8(3-9)6-14/h1-5,14H,6H2. The Morgan fingerprint density at radius 3 is 3.00 bits per heavy atom. The second kappa shape index (κ2) is 3.77. The van der Waals surface area contributed by atoms with E-state index in [1.54, 1.807) is 35.4 Å². The van der Waals surface area contributed by atoms with E-state index in [0.717, 1.165) is 5.69 Å². The van der Waals surface area contributed by atoms with Gasteiger partial charge in [-0.3, -0.25) is 4.98 Å². The van der Waals surface area contributed by atoms with Crippen molar-refractivity contribution in [2.45, 2.75) is 6.61 Å². The first-order valence-electron chi connectivity index (χ1n) is 4.06. The van der Waals surface area contributed by atoms with Crippen molar-refractivity contribution in [2.24, 2.45) is 0 Å². The van der Waals surface area contributed by atoms with Gasteiger partial charge in [0.25, 0.3) is 0 Å². The van der Waals surface area contributed by atoms with E-state index < -0.39 is 0 Å². The predicted octanol–water partition coefficient (Wildman–Crippen LogP) is 1.41. The van der Waals surface area contributed by atoms with E-state index in [9.17, 15) is 0 Å². The van der Waals surface area contributed by atoms with E-state index in [0.29, 0.717) is 10.7 Å². The first-order chi connectivity index (χ1) is 6.79. The van der Waals surface area contributed by atoms with E-state index >= 15 is 0 Å². The van der Waals surface area contributed by atoms with E-state index in [2.05, 4.69) is 10.1 Å². The lowest BCUT2D eigenvalue weighted by Crippen LogP contribution is -1.97. The van der Waals surface area contributed by atoms with Crippen molar-refractivity contribution in [2.75, 3.05) is 0 Å². The molecule has 4 nitrogen and oxygen atoms in total. The molecule has 0 aliphatic carbocycles. The van der Waals surface area contributed by atoms with Crippen molar-refractivity contribution >= 4 is 11.6 Å². The highest BCUT2D eigenvalue weighted by molar-refractivity contribution is 6.30. The van der Waals surface area contributed by atoms with Crippen molar-refractivity contribution in [3.05, 3.63) is 41.4 Å². The molecule has 0 saturated heterocycles.